The molecule has 2 unspecified atom stereocenters. The van der Waals surface area contributed by atoms with Gasteiger partial charge in [0.05, 0.1) is 16.4 Å². The standard InChI is InChI=1S/C10H18BrN3/c1-7(5-8(2)12-3)10-9(11)6-13-14(10)4/h6-8,12H,5H2,1-4H3. The lowest BCUT2D eigenvalue weighted by Gasteiger charge is -2.17. The summed E-state index contributed by atoms with van der Waals surface area (Å²) in [6.07, 6.45) is 2.98. The van der Waals surface area contributed by atoms with E-state index in [1.165, 1.54) is 5.69 Å². The SMILES string of the molecule is CNC(C)CC(C)c1c(Br)cnn1C. The van der Waals surface area contributed by atoms with Gasteiger partial charge in [0, 0.05) is 19.0 Å². The molecule has 0 radical (unpaired) electrons. The summed E-state index contributed by atoms with van der Waals surface area (Å²) in [5, 5.41) is 7.47. The Bertz CT molecular complexity index is 276. The van der Waals surface area contributed by atoms with E-state index < -0.39 is 0 Å². The number of halogens is 1. The van der Waals surface area contributed by atoms with Crippen LogP contribution in [0.25, 0.3) is 0 Å². The van der Waals surface area contributed by atoms with Crippen LogP contribution in [-0.4, -0.2) is 22.9 Å². The second-order valence-corrected chi connectivity index (χ2v) is 4.68. The smallest absolute Gasteiger partial charge is 0.0635 e. The molecule has 0 aliphatic rings. The molecule has 4 heteroatoms. The Kier molecular flexibility index (Phi) is 4.13. The average Bonchev–Trinajstić information content (AvgIpc) is 2.46. The van der Waals surface area contributed by atoms with Crippen molar-refractivity contribution in [3.63, 3.8) is 0 Å². The van der Waals surface area contributed by atoms with Crippen LogP contribution in [-0.2, 0) is 7.05 Å². The Morgan fingerprint density at radius 3 is 2.64 bits per heavy atom. The molecule has 0 saturated heterocycles. The molecule has 0 fully saturated rings. The van der Waals surface area contributed by atoms with E-state index in [1.807, 2.05) is 25.0 Å². The highest BCUT2D eigenvalue weighted by atomic mass is 79.9. The van der Waals surface area contributed by atoms with E-state index in [0.717, 1.165) is 10.9 Å². The van der Waals surface area contributed by atoms with Gasteiger partial charge in [-0.3, -0.25) is 4.68 Å². The molecule has 1 rings (SSSR count). The van der Waals surface area contributed by atoms with Gasteiger partial charge in [0.1, 0.15) is 0 Å². The van der Waals surface area contributed by atoms with Crippen molar-refractivity contribution in [2.75, 3.05) is 7.05 Å². The van der Waals surface area contributed by atoms with E-state index in [9.17, 15) is 0 Å². The van der Waals surface area contributed by atoms with Gasteiger partial charge in [-0.05, 0) is 36.3 Å². The number of nitrogens with one attached hydrogen (secondary N) is 1. The maximum Gasteiger partial charge on any atom is 0.0635 e. The summed E-state index contributed by atoms with van der Waals surface area (Å²) in [5.41, 5.74) is 1.27. The van der Waals surface area contributed by atoms with Gasteiger partial charge in [0.15, 0.2) is 0 Å². The van der Waals surface area contributed by atoms with Crippen molar-refractivity contribution in [2.45, 2.75) is 32.2 Å². The number of hydrogen-bond acceptors (Lipinski definition) is 2. The summed E-state index contributed by atoms with van der Waals surface area (Å²) in [6.45, 7) is 4.43. The van der Waals surface area contributed by atoms with Crippen LogP contribution in [0.3, 0.4) is 0 Å². The molecular weight excluding hydrogens is 242 g/mol. The molecule has 0 aliphatic carbocycles. The zero-order valence-electron chi connectivity index (χ0n) is 9.21. The fourth-order valence-corrected chi connectivity index (χ4v) is 2.47. The summed E-state index contributed by atoms with van der Waals surface area (Å²) >= 11 is 3.53. The molecule has 14 heavy (non-hydrogen) atoms. The summed E-state index contributed by atoms with van der Waals surface area (Å²) in [6, 6.07) is 0.534. The first-order valence-corrected chi connectivity index (χ1v) is 5.70. The summed E-state index contributed by atoms with van der Waals surface area (Å²) in [4.78, 5) is 0. The van der Waals surface area contributed by atoms with Gasteiger partial charge < -0.3 is 5.32 Å². The first-order valence-electron chi connectivity index (χ1n) is 4.91. The minimum Gasteiger partial charge on any atom is -0.317 e. The van der Waals surface area contributed by atoms with E-state index in [0.29, 0.717) is 12.0 Å². The molecule has 0 aliphatic heterocycles. The summed E-state index contributed by atoms with van der Waals surface area (Å²) in [5.74, 6) is 0.513. The molecular formula is C10H18BrN3. The quantitative estimate of drug-likeness (QED) is 0.900. The maximum atomic E-state index is 4.22. The molecule has 1 aromatic heterocycles. The molecule has 1 heterocycles. The molecule has 3 nitrogen and oxygen atoms in total. The lowest BCUT2D eigenvalue weighted by molar-refractivity contribution is 0.495. The molecule has 0 aromatic carbocycles. The molecule has 1 aromatic rings. The Hall–Kier alpha value is -0.350. The summed E-state index contributed by atoms with van der Waals surface area (Å²) < 4.78 is 3.05. The normalized spacial score (nSPS) is 15.5. The fourth-order valence-electron chi connectivity index (χ4n) is 1.73. The fraction of sp³-hybridized carbons (Fsp3) is 0.700. The van der Waals surface area contributed by atoms with Gasteiger partial charge in [-0.2, -0.15) is 5.10 Å². The van der Waals surface area contributed by atoms with Crippen LogP contribution in [0.15, 0.2) is 10.7 Å². The van der Waals surface area contributed by atoms with Crippen molar-refractivity contribution < 1.29 is 0 Å². The van der Waals surface area contributed by atoms with E-state index in [1.54, 1.807) is 0 Å². The first kappa shape index (κ1) is 11.7. The Morgan fingerprint density at radius 2 is 2.21 bits per heavy atom. The van der Waals surface area contributed by atoms with Crippen LogP contribution >= 0.6 is 15.9 Å². The van der Waals surface area contributed by atoms with Gasteiger partial charge in [0.25, 0.3) is 0 Å². The molecule has 80 valence electrons. The number of hydrogen-bond donors (Lipinski definition) is 1. The Morgan fingerprint density at radius 1 is 1.57 bits per heavy atom. The molecule has 1 N–H and O–H groups in total. The third kappa shape index (κ3) is 2.58. The van der Waals surface area contributed by atoms with Crippen LogP contribution in [0.5, 0.6) is 0 Å². The number of nitrogens with zero attached hydrogens (tertiary/aromatic N) is 2. The highest BCUT2D eigenvalue weighted by molar-refractivity contribution is 9.10. The van der Waals surface area contributed by atoms with Crippen LogP contribution in [0.1, 0.15) is 31.9 Å². The lowest BCUT2D eigenvalue weighted by atomic mass is 9.99. The highest BCUT2D eigenvalue weighted by Gasteiger charge is 2.16. The van der Waals surface area contributed by atoms with Crippen molar-refractivity contribution in [1.82, 2.24) is 15.1 Å². The molecule has 2 atom stereocenters. The van der Waals surface area contributed by atoms with Crippen molar-refractivity contribution in [1.29, 1.82) is 0 Å². The van der Waals surface area contributed by atoms with Crippen LogP contribution in [0, 0.1) is 0 Å². The van der Waals surface area contributed by atoms with Crippen LogP contribution in [0.4, 0.5) is 0 Å². The Labute approximate surface area is 94.0 Å². The highest BCUT2D eigenvalue weighted by Crippen LogP contribution is 2.27. The van der Waals surface area contributed by atoms with Crippen LogP contribution < -0.4 is 5.32 Å². The second-order valence-electron chi connectivity index (χ2n) is 3.83. The van der Waals surface area contributed by atoms with Gasteiger partial charge in [-0.15, -0.1) is 0 Å². The summed E-state index contributed by atoms with van der Waals surface area (Å²) in [7, 11) is 3.98. The van der Waals surface area contributed by atoms with Crippen molar-refractivity contribution >= 4 is 15.9 Å². The average molecular weight is 260 g/mol. The number of aryl methyl sites for hydroxylation is 1. The van der Waals surface area contributed by atoms with Gasteiger partial charge >= 0.3 is 0 Å². The van der Waals surface area contributed by atoms with E-state index >= 15 is 0 Å². The number of aromatic nitrogens is 2. The first-order chi connectivity index (χ1) is 6.56. The topological polar surface area (TPSA) is 29.9 Å². The van der Waals surface area contributed by atoms with E-state index in [4.69, 9.17) is 0 Å². The predicted molar refractivity (Wildman–Crippen MR) is 62.5 cm³/mol. The van der Waals surface area contributed by atoms with Gasteiger partial charge in [0.2, 0.25) is 0 Å². The second kappa shape index (κ2) is 4.94. The molecule has 0 bridgehead atoms. The van der Waals surface area contributed by atoms with Crippen LogP contribution in [0.2, 0.25) is 0 Å². The van der Waals surface area contributed by atoms with Gasteiger partial charge in [-0.1, -0.05) is 6.92 Å². The van der Waals surface area contributed by atoms with Crippen molar-refractivity contribution in [3.8, 4) is 0 Å². The minimum absolute atomic E-state index is 0.513. The third-order valence-corrected chi connectivity index (χ3v) is 3.22. The molecule has 0 spiro atoms. The minimum atomic E-state index is 0.513. The molecule has 0 amide bonds. The monoisotopic (exact) mass is 259 g/mol. The van der Waals surface area contributed by atoms with E-state index in [2.05, 4.69) is 40.2 Å². The largest absolute Gasteiger partial charge is 0.317 e. The maximum absolute atomic E-state index is 4.22. The van der Waals surface area contributed by atoms with Crippen molar-refractivity contribution in [3.05, 3.63) is 16.4 Å². The van der Waals surface area contributed by atoms with Gasteiger partial charge in [-0.25, -0.2) is 0 Å². The third-order valence-electron chi connectivity index (χ3n) is 2.60. The Balaban J connectivity index is 2.73. The molecule has 0 saturated carbocycles. The zero-order valence-corrected chi connectivity index (χ0v) is 10.8. The van der Waals surface area contributed by atoms with E-state index in [-0.39, 0.29) is 0 Å². The zero-order chi connectivity index (χ0) is 10.7. The number of rotatable bonds is 4. The lowest BCUT2D eigenvalue weighted by Crippen LogP contribution is -2.23. The predicted octanol–water partition coefficient (Wildman–Crippen LogP) is 2.28. The van der Waals surface area contributed by atoms with Crippen molar-refractivity contribution in [2.24, 2.45) is 7.05 Å².